The molecule has 6 nitrogen and oxygen atoms in total. The molecule has 0 heterocycles. The first-order valence-corrected chi connectivity index (χ1v) is 10.7. The van der Waals surface area contributed by atoms with E-state index in [1.165, 1.54) is 12.1 Å². The van der Waals surface area contributed by atoms with Gasteiger partial charge in [-0.05, 0) is 55.5 Å². The Kier molecular flexibility index (Phi) is 9.32. The third-order valence-corrected chi connectivity index (χ3v) is 5.13. The van der Waals surface area contributed by atoms with Gasteiger partial charge in [0.05, 0.1) is 6.61 Å². The molecular formula is C24H32O6. The molecular weight excluding hydrogens is 384 g/mol. The number of ether oxygens (including phenoxy) is 1. The number of carbonyl (C=O) groups is 1. The predicted molar refractivity (Wildman–Crippen MR) is 116 cm³/mol. The summed E-state index contributed by atoms with van der Waals surface area (Å²) in [5, 5.41) is 38.2. The Morgan fingerprint density at radius 1 is 0.867 bits per heavy atom. The maximum absolute atomic E-state index is 11.2. The van der Waals surface area contributed by atoms with E-state index >= 15 is 0 Å². The summed E-state index contributed by atoms with van der Waals surface area (Å²) in [6.45, 7) is 2.51. The highest BCUT2D eigenvalue weighted by Gasteiger charge is 2.17. The molecule has 0 fully saturated rings. The topological polar surface area (TPSA) is 107 Å². The van der Waals surface area contributed by atoms with E-state index in [0.29, 0.717) is 24.3 Å². The molecule has 0 aliphatic carbocycles. The van der Waals surface area contributed by atoms with E-state index in [4.69, 9.17) is 9.84 Å². The van der Waals surface area contributed by atoms with E-state index in [2.05, 4.69) is 0 Å². The van der Waals surface area contributed by atoms with Crippen LogP contribution in [0.25, 0.3) is 0 Å². The van der Waals surface area contributed by atoms with Crippen LogP contribution in [0.4, 0.5) is 0 Å². The molecule has 0 amide bonds. The molecule has 0 spiro atoms. The van der Waals surface area contributed by atoms with Gasteiger partial charge in [0.25, 0.3) is 0 Å². The van der Waals surface area contributed by atoms with Gasteiger partial charge in [0, 0.05) is 5.56 Å². The van der Waals surface area contributed by atoms with Crippen LogP contribution in [0.15, 0.2) is 30.3 Å². The molecule has 0 bridgehead atoms. The lowest BCUT2D eigenvalue weighted by molar-refractivity contribution is 0.0693. The fourth-order valence-corrected chi connectivity index (χ4v) is 3.46. The second-order valence-electron chi connectivity index (χ2n) is 7.54. The van der Waals surface area contributed by atoms with Crippen molar-refractivity contribution in [2.45, 2.75) is 64.7 Å². The Balaban J connectivity index is 1.65. The minimum atomic E-state index is -1.14. The summed E-state index contributed by atoms with van der Waals surface area (Å²) in [6, 6.07) is 7.99. The summed E-state index contributed by atoms with van der Waals surface area (Å²) in [5.74, 6) is -0.921. The van der Waals surface area contributed by atoms with Crippen molar-refractivity contribution in [3.63, 3.8) is 0 Å². The Hall–Kier alpha value is -2.89. The van der Waals surface area contributed by atoms with Gasteiger partial charge in [-0.3, -0.25) is 0 Å². The van der Waals surface area contributed by atoms with Gasteiger partial charge in [-0.1, -0.05) is 45.1 Å². The van der Waals surface area contributed by atoms with Crippen LogP contribution < -0.4 is 4.74 Å². The molecule has 2 rings (SSSR count). The molecule has 2 aromatic carbocycles. The smallest absolute Gasteiger partial charge is 0.339 e. The Morgan fingerprint density at radius 2 is 1.57 bits per heavy atom. The highest BCUT2D eigenvalue weighted by molar-refractivity contribution is 5.91. The van der Waals surface area contributed by atoms with Crippen LogP contribution in [-0.2, 0) is 12.8 Å². The minimum absolute atomic E-state index is 0.0690. The Bertz CT molecular complexity index is 831. The maximum atomic E-state index is 11.2. The predicted octanol–water partition coefficient (Wildman–Crippen LogP) is 5.42. The van der Waals surface area contributed by atoms with E-state index in [0.717, 1.165) is 56.9 Å². The molecule has 4 N–H and O–H groups in total. The first-order chi connectivity index (χ1) is 14.4. The van der Waals surface area contributed by atoms with E-state index < -0.39 is 5.97 Å². The van der Waals surface area contributed by atoms with Crippen LogP contribution in [0.2, 0.25) is 0 Å². The monoisotopic (exact) mass is 416 g/mol. The van der Waals surface area contributed by atoms with Gasteiger partial charge in [0.1, 0.15) is 17.1 Å². The maximum Gasteiger partial charge on any atom is 0.339 e. The van der Waals surface area contributed by atoms with Crippen molar-refractivity contribution in [3.05, 3.63) is 47.0 Å². The molecule has 6 heteroatoms. The number of benzene rings is 2. The molecule has 0 aromatic heterocycles. The van der Waals surface area contributed by atoms with Gasteiger partial charge < -0.3 is 25.2 Å². The lowest BCUT2D eigenvalue weighted by atomic mass is 10.0. The first kappa shape index (κ1) is 23.4. The minimum Gasteiger partial charge on any atom is -0.507 e. The van der Waals surface area contributed by atoms with Crippen LogP contribution in [0.1, 0.15) is 73.4 Å². The Labute approximate surface area is 177 Å². The Morgan fingerprint density at radius 3 is 2.23 bits per heavy atom. The second kappa shape index (κ2) is 12.0. The van der Waals surface area contributed by atoms with Crippen molar-refractivity contribution in [1.29, 1.82) is 0 Å². The van der Waals surface area contributed by atoms with Crippen LogP contribution >= 0.6 is 0 Å². The van der Waals surface area contributed by atoms with Crippen LogP contribution in [0.3, 0.4) is 0 Å². The average molecular weight is 417 g/mol. The van der Waals surface area contributed by atoms with Crippen LogP contribution in [0, 0.1) is 0 Å². The van der Waals surface area contributed by atoms with Crippen molar-refractivity contribution >= 4 is 5.97 Å². The number of aromatic carboxylic acids is 1. The van der Waals surface area contributed by atoms with Gasteiger partial charge in [0.2, 0.25) is 0 Å². The molecule has 0 unspecified atom stereocenters. The summed E-state index contributed by atoms with van der Waals surface area (Å²) >= 11 is 0. The van der Waals surface area contributed by atoms with Crippen LogP contribution in [0.5, 0.6) is 23.0 Å². The SMILES string of the molecule is CCCc1c(OCCCCCCCCc2ccc(O)c(O)c2)ccc(C(=O)O)c1O. The number of carboxylic acids is 1. The van der Waals surface area contributed by atoms with Gasteiger partial charge in [-0.15, -0.1) is 0 Å². The average Bonchev–Trinajstić information content (AvgIpc) is 2.71. The van der Waals surface area contributed by atoms with Crippen molar-refractivity contribution in [1.82, 2.24) is 0 Å². The second-order valence-corrected chi connectivity index (χ2v) is 7.54. The van der Waals surface area contributed by atoms with Crippen molar-refractivity contribution in [2.75, 3.05) is 6.61 Å². The number of carboxylic acid groups (broad SMARTS) is 1. The molecule has 0 aliphatic heterocycles. The van der Waals surface area contributed by atoms with E-state index in [-0.39, 0.29) is 22.8 Å². The van der Waals surface area contributed by atoms with E-state index in [9.17, 15) is 20.1 Å². The molecule has 30 heavy (non-hydrogen) atoms. The van der Waals surface area contributed by atoms with E-state index in [1.54, 1.807) is 12.1 Å². The third-order valence-electron chi connectivity index (χ3n) is 5.13. The summed E-state index contributed by atoms with van der Waals surface area (Å²) in [4.78, 5) is 11.2. The molecule has 0 saturated heterocycles. The number of aryl methyl sites for hydroxylation is 1. The highest BCUT2D eigenvalue weighted by atomic mass is 16.5. The highest BCUT2D eigenvalue weighted by Crippen LogP contribution is 2.33. The molecule has 0 aliphatic rings. The first-order valence-electron chi connectivity index (χ1n) is 10.7. The standard InChI is InChI=1S/C24H32O6/c1-2-9-18-22(14-12-19(23(18)27)24(28)29)30-15-8-6-4-3-5-7-10-17-11-13-20(25)21(26)16-17/h11-14,16,25-27H,2-10,15H2,1H3,(H,28,29). The number of unbranched alkanes of at least 4 members (excludes halogenated alkanes) is 5. The largest absolute Gasteiger partial charge is 0.507 e. The fraction of sp³-hybridized carbons (Fsp3) is 0.458. The van der Waals surface area contributed by atoms with E-state index in [1.807, 2.05) is 13.0 Å². The summed E-state index contributed by atoms with van der Waals surface area (Å²) in [6.07, 6.45) is 8.56. The summed E-state index contributed by atoms with van der Waals surface area (Å²) < 4.78 is 5.81. The van der Waals surface area contributed by atoms with Gasteiger partial charge in [-0.25, -0.2) is 4.79 Å². The van der Waals surface area contributed by atoms with Crippen molar-refractivity contribution in [2.24, 2.45) is 0 Å². The third kappa shape index (κ3) is 6.87. The van der Waals surface area contributed by atoms with Gasteiger partial charge >= 0.3 is 5.97 Å². The molecule has 0 saturated carbocycles. The van der Waals surface area contributed by atoms with Gasteiger partial charge in [0.15, 0.2) is 11.5 Å². The fourth-order valence-electron chi connectivity index (χ4n) is 3.46. The normalized spacial score (nSPS) is 10.8. The quantitative estimate of drug-likeness (QED) is 0.257. The molecule has 2 aromatic rings. The zero-order valence-corrected chi connectivity index (χ0v) is 17.6. The zero-order valence-electron chi connectivity index (χ0n) is 17.6. The summed E-state index contributed by atoms with van der Waals surface area (Å²) in [7, 11) is 0. The lowest BCUT2D eigenvalue weighted by Gasteiger charge is -2.14. The summed E-state index contributed by atoms with van der Waals surface area (Å²) in [5.41, 5.74) is 1.50. The van der Waals surface area contributed by atoms with Crippen molar-refractivity contribution in [3.8, 4) is 23.0 Å². The number of phenolic OH excluding ortho intramolecular Hbond substituents is 2. The molecule has 0 radical (unpaired) electrons. The number of hydrogen-bond acceptors (Lipinski definition) is 5. The number of hydrogen-bond donors (Lipinski definition) is 4. The number of rotatable bonds is 13. The number of aromatic hydroxyl groups is 3. The molecule has 164 valence electrons. The molecule has 0 atom stereocenters. The zero-order chi connectivity index (χ0) is 21.9. The van der Waals surface area contributed by atoms with Crippen LogP contribution in [-0.4, -0.2) is 33.0 Å². The lowest BCUT2D eigenvalue weighted by Crippen LogP contribution is -2.04. The van der Waals surface area contributed by atoms with Gasteiger partial charge in [-0.2, -0.15) is 0 Å². The van der Waals surface area contributed by atoms with Crippen molar-refractivity contribution < 1.29 is 30.0 Å². The number of phenols is 3.